The zero-order valence-electron chi connectivity index (χ0n) is 12.0. The predicted molar refractivity (Wildman–Crippen MR) is 86.7 cm³/mol. The number of benzene rings is 1. The Morgan fingerprint density at radius 2 is 1.90 bits per heavy atom. The topological polar surface area (TPSA) is 55.1 Å². The van der Waals surface area contributed by atoms with E-state index < -0.39 is 0 Å². The molecule has 0 saturated heterocycles. The van der Waals surface area contributed by atoms with Crippen LogP contribution in [0, 0.1) is 12.3 Å². The summed E-state index contributed by atoms with van der Waals surface area (Å²) in [5.74, 6) is 0.0828. The number of nitrogens with one attached hydrogen (secondary N) is 1. The molecule has 1 aromatic carbocycles. The molecule has 0 unspecified atom stereocenters. The molecule has 0 spiro atoms. The van der Waals surface area contributed by atoms with Crippen molar-refractivity contribution in [3.63, 3.8) is 0 Å². The molecular formula is C16H23BrN2O. The number of hydrogen-bond donors (Lipinski definition) is 2. The fraction of sp³-hybridized carbons (Fsp3) is 0.562. The van der Waals surface area contributed by atoms with Crippen LogP contribution in [0.25, 0.3) is 0 Å². The number of nitrogens with two attached hydrogens (primary N) is 1. The van der Waals surface area contributed by atoms with Crippen LogP contribution in [0.4, 0.5) is 5.69 Å². The maximum Gasteiger partial charge on any atom is 0.231 e. The van der Waals surface area contributed by atoms with Crippen LogP contribution in [0.1, 0.15) is 44.1 Å². The van der Waals surface area contributed by atoms with E-state index in [-0.39, 0.29) is 11.3 Å². The molecule has 2 rings (SSSR count). The van der Waals surface area contributed by atoms with E-state index >= 15 is 0 Å². The molecule has 1 aliphatic carbocycles. The lowest BCUT2D eigenvalue weighted by Gasteiger charge is -2.30. The number of rotatable bonds is 3. The Labute approximate surface area is 129 Å². The van der Waals surface area contributed by atoms with E-state index in [9.17, 15) is 4.79 Å². The van der Waals surface area contributed by atoms with E-state index in [4.69, 9.17) is 5.73 Å². The molecular weight excluding hydrogens is 316 g/mol. The standard InChI is InChI=1S/C16H23BrN2O/c1-12-8-13(17)10-14(9-12)19-15(20)16(11-18)6-4-2-3-5-7-16/h8-10H,2-7,11,18H2,1H3,(H,19,20). The van der Waals surface area contributed by atoms with Crippen LogP contribution >= 0.6 is 15.9 Å². The van der Waals surface area contributed by atoms with Gasteiger partial charge in [-0.25, -0.2) is 0 Å². The van der Waals surface area contributed by atoms with Gasteiger partial charge in [0.15, 0.2) is 0 Å². The van der Waals surface area contributed by atoms with Gasteiger partial charge < -0.3 is 11.1 Å². The monoisotopic (exact) mass is 338 g/mol. The summed E-state index contributed by atoms with van der Waals surface area (Å²) in [6.07, 6.45) is 6.44. The fourth-order valence-corrected chi connectivity index (χ4v) is 3.61. The Kier molecular flexibility index (Phi) is 5.22. The Balaban J connectivity index is 2.16. The summed E-state index contributed by atoms with van der Waals surface area (Å²) in [5, 5.41) is 3.06. The SMILES string of the molecule is Cc1cc(Br)cc(NC(=O)C2(CN)CCCCCC2)c1. The Hall–Kier alpha value is -0.870. The summed E-state index contributed by atoms with van der Waals surface area (Å²) >= 11 is 3.47. The summed E-state index contributed by atoms with van der Waals surface area (Å²) in [6, 6.07) is 5.95. The second kappa shape index (κ2) is 6.72. The fourth-order valence-electron chi connectivity index (χ4n) is 3.00. The van der Waals surface area contributed by atoms with Crippen molar-refractivity contribution in [1.29, 1.82) is 0 Å². The predicted octanol–water partition coefficient (Wildman–Crippen LogP) is 4.00. The van der Waals surface area contributed by atoms with Gasteiger partial charge in [0, 0.05) is 16.7 Å². The molecule has 1 aromatic rings. The number of anilines is 1. The molecule has 1 aliphatic rings. The van der Waals surface area contributed by atoms with Gasteiger partial charge in [-0.3, -0.25) is 4.79 Å². The molecule has 20 heavy (non-hydrogen) atoms. The quantitative estimate of drug-likeness (QED) is 0.818. The molecule has 1 fully saturated rings. The molecule has 0 aliphatic heterocycles. The van der Waals surface area contributed by atoms with Gasteiger partial charge in [-0.15, -0.1) is 0 Å². The van der Waals surface area contributed by atoms with E-state index in [1.165, 1.54) is 12.8 Å². The molecule has 1 saturated carbocycles. The molecule has 0 radical (unpaired) electrons. The molecule has 0 heterocycles. The summed E-state index contributed by atoms with van der Waals surface area (Å²) in [5.41, 5.74) is 7.54. The van der Waals surface area contributed by atoms with Crippen molar-refractivity contribution in [3.8, 4) is 0 Å². The maximum absolute atomic E-state index is 12.7. The van der Waals surface area contributed by atoms with Gasteiger partial charge in [0.1, 0.15) is 0 Å². The first-order valence-corrected chi connectivity index (χ1v) is 8.14. The van der Waals surface area contributed by atoms with Crippen LogP contribution in [0.5, 0.6) is 0 Å². The lowest BCUT2D eigenvalue weighted by Crippen LogP contribution is -2.42. The van der Waals surface area contributed by atoms with E-state index in [1.807, 2.05) is 25.1 Å². The number of aryl methyl sites for hydroxylation is 1. The Morgan fingerprint density at radius 1 is 1.25 bits per heavy atom. The second-order valence-corrected chi connectivity index (χ2v) is 6.79. The third-order valence-corrected chi connectivity index (χ3v) is 4.69. The first-order valence-electron chi connectivity index (χ1n) is 7.34. The normalized spacial score (nSPS) is 18.4. The smallest absolute Gasteiger partial charge is 0.231 e. The highest BCUT2D eigenvalue weighted by atomic mass is 79.9. The zero-order valence-corrected chi connectivity index (χ0v) is 13.6. The summed E-state index contributed by atoms with van der Waals surface area (Å²) in [7, 11) is 0. The van der Waals surface area contributed by atoms with Crippen molar-refractivity contribution in [2.75, 3.05) is 11.9 Å². The summed E-state index contributed by atoms with van der Waals surface area (Å²) in [4.78, 5) is 12.7. The Morgan fingerprint density at radius 3 is 2.45 bits per heavy atom. The van der Waals surface area contributed by atoms with Crippen molar-refractivity contribution < 1.29 is 4.79 Å². The largest absolute Gasteiger partial charge is 0.329 e. The van der Waals surface area contributed by atoms with E-state index in [0.29, 0.717) is 6.54 Å². The summed E-state index contributed by atoms with van der Waals surface area (Å²) in [6.45, 7) is 2.45. The van der Waals surface area contributed by atoms with Gasteiger partial charge in [-0.05, 0) is 43.5 Å². The Bertz CT molecular complexity index is 459. The van der Waals surface area contributed by atoms with Crippen molar-refractivity contribution in [3.05, 3.63) is 28.2 Å². The van der Waals surface area contributed by atoms with E-state index in [1.54, 1.807) is 0 Å². The number of hydrogen-bond acceptors (Lipinski definition) is 2. The second-order valence-electron chi connectivity index (χ2n) is 5.87. The molecule has 110 valence electrons. The highest BCUT2D eigenvalue weighted by Crippen LogP contribution is 2.35. The third kappa shape index (κ3) is 3.61. The first kappa shape index (κ1) is 15.5. The highest BCUT2D eigenvalue weighted by Gasteiger charge is 2.37. The van der Waals surface area contributed by atoms with Gasteiger partial charge in [0.05, 0.1) is 5.41 Å². The van der Waals surface area contributed by atoms with Gasteiger partial charge in [0.2, 0.25) is 5.91 Å². The number of halogens is 1. The molecule has 4 heteroatoms. The number of amides is 1. The van der Waals surface area contributed by atoms with Crippen molar-refractivity contribution in [2.24, 2.45) is 11.1 Å². The van der Waals surface area contributed by atoms with Crippen molar-refractivity contribution in [1.82, 2.24) is 0 Å². The zero-order chi connectivity index (χ0) is 14.6. The van der Waals surface area contributed by atoms with Crippen LogP contribution in [0.2, 0.25) is 0 Å². The van der Waals surface area contributed by atoms with Crippen LogP contribution in [-0.4, -0.2) is 12.5 Å². The first-order chi connectivity index (χ1) is 9.55. The number of carbonyl (C=O) groups excluding carboxylic acids is 1. The van der Waals surface area contributed by atoms with Crippen LogP contribution < -0.4 is 11.1 Å². The molecule has 0 atom stereocenters. The lowest BCUT2D eigenvalue weighted by atomic mass is 9.79. The van der Waals surface area contributed by atoms with Crippen LogP contribution in [0.3, 0.4) is 0 Å². The molecule has 0 aromatic heterocycles. The minimum Gasteiger partial charge on any atom is -0.329 e. The number of carbonyl (C=O) groups is 1. The molecule has 3 N–H and O–H groups in total. The maximum atomic E-state index is 12.7. The van der Waals surface area contributed by atoms with Gasteiger partial charge >= 0.3 is 0 Å². The molecule has 1 amide bonds. The van der Waals surface area contributed by atoms with Crippen LogP contribution in [-0.2, 0) is 4.79 Å². The van der Waals surface area contributed by atoms with E-state index in [2.05, 4.69) is 21.2 Å². The van der Waals surface area contributed by atoms with Crippen LogP contribution in [0.15, 0.2) is 22.7 Å². The van der Waals surface area contributed by atoms with Crippen molar-refractivity contribution >= 4 is 27.5 Å². The average molecular weight is 339 g/mol. The summed E-state index contributed by atoms with van der Waals surface area (Å²) < 4.78 is 0.982. The van der Waals surface area contributed by atoms with Gasteiger partial charge in [0.25, 0.3) is 0 Å². The van der Waals surface area contributed by atoms with Gasteiger partial charge in [-0.2, -0.15) is 0 Å². The van der Waals surface area contributed by atoms with Crippen molar-refractivity contribution in [2.45, 2.75) is 45.4 Å². The minimum absolute atomic E-state index is 0.0828. The molecule has 0 bridgehead atoms. The van der Waals surface area contributed by atoms with E-state index in [0.717, 1.165) is 41.4 Å². The minimum atomic E-state index is -0.382. The third-order valence-electron chi connectivity index (χ3n) is 4.23. The van der Waals surface area contributed by atoms with Gasteiger partial charge in [-0.1, -0.05) is 41.6 Å². The highest BCUT2D eigenvalue weighted by molar-refractivity contribution is 9.10. The average Bonchev–Trinajstić information content (AvgIpc) is 2.63. The molecule has 3 nitrogen and oxygen atoms in total. The lowest BCUT2D eigenvalue weighted by molar-refractivity contribution is -0.125.